The van der Waals surface area contributed by atoms with Gasteiger partial charge in [-0.05, 0) is 97.1 Å². The van der Waals surface area contributed by atoms with E-state index in [4.69, 9.17) is 108 Å². The number of nitrogens with one attached hydrogen (secondary N) is 2. The molecule has 0 spiro atoms. The van der Waals surface area contributed by atoms with Crippen LogP contribution in [-0.4, -0.2) is 120 Å². The van der Waals surface area contributed by atoms with Crippen molar-refractivity contribution in [3.05, 3.63) is 196 Å². The van der Waals surface area contributed by atoms with Crippen LogP contribution in [0.25, 0.3) is 90.7 Å². The molecule has 0 atom stereocenters. The Morgan fingerprint density at radius 3 is 0.542 bits per heavy atom. The molecule has 0 aliphatic carbocycles. The van der Waals surface area contributed by atoms with Gasteiger partial charge in [0.2, 0.25) is 0 Å². The lowest BCUT2D eigenvalue weighted by Gasteiger charge is -2.11. The predicted octanol–water partition coefficient (Wildman–Crippen LogP) is 11.5. The summed E-state index contributed by atoms with van der Waals surface area (Å²) in [7, 11) is 0. The monoisotopic (exact) mass is 1270 g/mol. The third-order valence-corrected chi connectivity index (χ3v) is 13.6. The Kier molecular flexibility index (Phi) is 13.8. The van der Waals surface area contributed by atoms with E-state index in [-0.39, 0.29) is 161 Å². The van der Waals surface area contributed by atoms with Gasteiger partial charge in [0.05, 0.1) is 49.6 Å². The summed E-state index contributed by atoms with van der Waals surface area (Å²) in [5.41, 5.74) is 0.461. The molecule has 8 bridgehead atoms. The van der Waals surface area contributed by atoms with E-state index in [1.807, 2.05) is 0 Å². The number of nitrogens with zero attached hydrogens (tertiary/aromatic N) is 22. The number of pyridine rings is 8. The van der Waals surface area contributed by atoms with Gasteiger partial charge in [0.25, 0.3) is 47.0 Å². The second kappa shape index (κ2) is 23.9. The Balaban J connectivity index is 0.987. The van der Waals surface area contributed by atoms with Gasteiger partial charge < -0.3 is 47.9 Å². The number of fused-ring (bicyclic) bond motifs is 20. The van der Waals surface area contributed by atoms with Crippen LogP contribution in [0.15, 0.2) is 196 Å². The van der Waals surface area contributed by atoms with Crippen LogP contribution in [0.1, 0.15) is 0 Å². The molecule has 15 aromatic heterocycles. The summed E-state index contributed by atoms with van der Waals surface area (Å²) in [6.07, 6.45) is 24.7. The molecule has 458 valence electrons. The fourth-order valence-electron chi connectivity index (χ4n) is 9.52. The molecule has 2 aliphatic rings. The molecule has 0 fully saturated rings. The summed E-state index contributed by atoms with van der Waals surface area (Å²) in [4.78, 5) is 112. The van der Waals surface area contributed by atoms with Crippen molar-refractivity contribution >= 4 is 44.7 Å². The highest BCUT2D eigenvalue weighted by molar-refractivity contribution is 6.02. The van der Waals surface area contributed by atoms with Crippen molar-refractivity contribution in [3.63, 3.8) is 0 Å². The summed E-state index contributed by atoms with van der Waals surface area (Å²) in [6.45, 7) is 0. The van der Waals surface area contributed by atoms with E-state index in [0.29, 0.717) is 23.0 Å². The van der Waals surface area contributed by atoms with Crippen LogP contribution < -0.4 is 37.9 Å². The van der Waals surface area contributed by atoms with Crippen LogP contribution >= 0.6 is 0 Å². The lowest BCUT2D eigenvalue weighted by molar-refractivity contribution is 0.391. The summed E-state index contributed by atoms with van der Waals surface area (Å²) in [5, 5.41) is 0. The van der Waals surface area contributed by atoms with Crippen LogP contribution in [0.5, 0.6) is 93.0 Å². The average molecular weight is 1270 g/mol. The third-order valence-electron chi connectivity index (χ3n) is 13.6. The summed E-state index contributed by atoms with van der Waals surface area (Å²) < 4.78 is 51.3. The van der Waals surface area contributed by atoms with Crippen LogP contribution in [-0.2, 0) is 0 Å². The molecule has 2 N–H and O–H groups in total. The molecule has 0 amide bonds. The number of rotatable bonds is 16. The lowest BCUT2D eigenvalue weighted by atomic mass is 10.3. The van der Waals surface area contributed by atoms with Crippen LogP contribution in [0, 0.1) is 0 Å². The minimum Gasteiger partial charge on any atom is -0.433 e. The Labute approximate surface area is 535 Å². The lowest BCUT2D eigenvalue weighted by Crippen LogP contribution is -2.00. The second-order valence-electron chi connectivity index (χ2n) is 20.1. The van der Waals surface area contributed by atoms with Gasteiger partial charge >= 0.3 is 0 Å². The second-order valence-corrected chi connectivity index (χ2v) is 20.1. The molecule has 0 saturated carbocycles. The first kappa shape index (κ1) is 55.4. The van der Waals surface area contributed by atoms with Gasteiger partial charge in [-0.1, -0.05) is 0 Å². The molecule has 17 heterocycles. The SMILES string of the molecule is c1cncc(Oc2nc3c(nc2Oc2cccnc2)-c2nc-3nc3[nH]c(nc4nc(nc5[nH]c(n2)c2nc(Oc6cccnc6)c(Oc6cccnc6)nc52)-c2nc(Oc5cccnc5)c(Oc5cccnc5)nc2-4)c2nc(Oc4cccnc4)c(Oc4cccnc4)nc32)c1. The van der Waals surface area contributed by atoms with E-state index in [9.17, 15) is 0 Å². The third kappa shape index (κ3) is 11.1. The molecule has 15 aromatic rings. The number of hydrogen-bond donors (Lipinski definition) is 2. The molecule has 0 saturated heterocycles. The zero-order valence-corrected chi connectivity index (χ0v) is 48.6. The van der Waals surface area contributed by atoms with E-state index in [1.165, 1.54) is 49.6 Å². The first-order chi connectivity index (χ1) is 47.5. The Hall–Kier alpha value is -14.7. The molecule has 32 heteroatoms. The van der Waals surface area contributed by atoms with Gasteiger partial charge in [-0.25, -0.2) is 69.8 Å². The Morgan fingerprint density at radius 2 is 0.375 bits per heavy atom. The molecule has 17 rings (SSSR count). The molecular weight excluding hydrogens is 1230 g/mol. The highest BCUT2D eigenvalue weighted by atomic mass is 16.6. The van der Waals surface area contributed by atoms with Crippen molar-refractivity contribution in [2.75, 3.05) is 0 Å². The first-order valence-electron chi connectivity index (χ1n) is 28.6. The zero-order chi connectivity index (χ0) is 63.7. The molecule has 96 heavy (non-hydrogen) atoms. The van der Waals surface area contributed by atoms with Gasteiger partial charge in [-0.15, -0.1) is 0 Å². The maximum atomic E-state index is 6.41. The molecule has 32 nitrogen and oxygen atoms in total. The topological polar surface area (TPSA) is 389 Å². The minimum atomic E-state index is -0.126. The van der Waals surface area contributed by atoms with Gasteiger partial charge in [-0.2, -0.15) is 0 Å². The van der Waals surface area contributed by atoms with Crippen molar-refractivity contribution in [3.8, 4) is 139 Å². The van der Waals surface area contributed by atoms with Gasteiger partial charge in [0.15, 0.2) is 45.9 Å². The largest absolute Gasteiger partial charge is 0.433 e. The fraction of sp³-hybridized carbons (Fsp3) is 0. The van der Waals surface area contributed by atoms with Crippen LogP contribution in [0.4, 0.5) is 0 Å². The summed E-state index contributed by atoms with van der Waals surface area (Å²) in [6, 6.07) is 27.0. The van der Waals surface area contributed by atoms with Crippen molar-refractivity contribution < 1.29 is 37.9 Å². The standard InChI is InChI=1S/C64H34N24O8/c1-9-33(25-65-17-1)89-57-58(90-34-10-2-18-66-26-34)74-42-41(73-57)49-81-50(42)86-52-45-46(78-62(94-38-14-6-22-70-30-38)61(77-45)93-37-13-5-21-69-29-37)54(83-52)88-56-48-47(79-63(95-39-15-7-23-71-31-39)64(80-48)96-40-16-8-24-72-32-40)55(84-56)87-53-44-43(51(82-53)85-49)75-59(91-35-11-3-19-67-27-35)60(76-44)92-36-12-4-20-68-28-36/h1-32H,(H2,81,82,83,84,85,86,87,88). The van der Waals surface area contributed by atoms with E-state index >= 15 is 0 Å². The van der Waals surface area contributed by atoms with Gasteiger partial charge in [-0.3, -0.25) is 39.9 Å². The van der Waals surface area contributed by atoms with Crippen LogP contribution in [0.2, 0.25) is 0 Å². The number of aromatic amines is 2. The van der Waals surface area contributed by atoms with Crippen molar-refractivity contribution in [1.29, 1.82) is 0 Å². The normalized spacial score (nSPS) is 11.3. The van der Waals surface area contributed by atoms with E-state index in [1.54, 1.807) is 147 Å². The fourth-order valence-corrected chi connectivity index (χ4v) is 9.52. The Bertz CT molecular complexity index is 4930. The molecule has 0 aromatic carbocycles. The highest BCUT2D eigenvalue weighted by Crippen LogP contribution is 2.44. The maximum Gasteiger partial charge on any atom is 0.284 e. The number of ether oxygens (including phenoxy) is 8. The minimum absolute atomic E-state index is 0.00176. The first-order valence-corrected chi connectivity index (χ1v) is 28.6. The van der Waals surface area contributed by atoms with Crippen molar-refractivity contribution in [2.45, 2.75) is 0 Å². The maximum absolute atomic E-state index is 6.41. The number of hydrogen-bond acceptors (Lipinski definition) is 30. The smallest absolute Gasteiger partial charge is 0.284 e. The van der Waals surface area contributed by atoms with Crippen molar-refractivity contribution in [2.24, 2.45) is 0 Å². The molecule has 0 radical (unpaired) electrons. The molecule has 2 aliphatic heterocycles. The van der Waals surface area contributed by atoms with Crippen molar-refractivity contribution in [1.82, 2.24) is 120 Å². The van der Waals surface area contributed by atoms with E-state index < -0.39 is 0 Å². The zero-order valence-electron chi connectivity index (χ0n) is 48.6. The average Bonchev–Trinajstić information content (AvgIpc) is 1.59. The highest BCUT2D eigenvalue weighted by Gasteiger charge is 2.32. The molecule has 0 unspecified atom stereocenters. The van der Waals surface area contributed by atoms with Gasteiger partial charge in [0, 0.05) is 49.6 Å². The summed E-state index contributed by atoms with van der Waals surface area (Å²) >= 11 is 0. The number of aromatic nitrogens is 24. The van der Waals surface area contributed by atoms with Gasteiger partial charge in [0.1, 0.15) is 90.8 Å². The van der Waals surface area contributed by atoms with E-state index in [2.05, 4.69) is 49.8 Å². The predicted molar refractivity (Wildman–Crippen MR) is 333 cm³/mol. The van der Waals surface area contributed by atoms with Crippen LogP contribution in [0.3, 0.4) is 0 Å². The quantitative estimate of drug-likeness (QED) is 0.0907. The molecular formula is C64H34N24O8. The van der Waals surface area contributed by atoms with E-state index in [0.717, 1.165) is 0 Å². The number of H-pyrrole nitrogens is 2. The summed E-state index contributed by atoms with van der Waals surface area (Å²) in [5.74, 6) is 0.988. The Morgan fingerprint density at radius 1 is 0.198 bits per heavy atom.